The van der Waals surface area contributed by atoms with Crippen LogP contribution >= 0.6 is 11.6 Å². The van der Waals surface area contributed by atoms with E-state index in [4.69, 9.17) is 17.3 Å². The number of nitrogens with zero attached hydrogens (tertiary/aromatic N) is 4. The molecule has 2 N–H and O–H groups in total. The van der Waals surface area contributed by atoms with Crippen LogP contribution in [0.4, 0.5) is 0 Å². The van der Waals surface area contributed by atoms with Crippen LogP contribution in [0.1, 0.15) is 29.9 Å². The second kappa shape index (κ2) is 4.50. The molecule has 0 amide bonds. The Morgan fingerprint density at radius 2 is 2.18 bits per heavy atom. The fourth-order valence-corrected chi connectivity index (χ4v) is 2.29. The standard InChI is InChI=1S/C11H16ClN5/c1-4-9-7(6-16(2)15-9)10(13)11-8(12)5-14-17(11)3/h5-6,10H,4,13H2,1-3H3. The molecule has 0 fully saturated rings. The monoisotopic (exact) mass is 253 g/mol. The summed E-state index contributed by atoms with van der Waals surface area (Å²) in [6, 6.07) is -0.293. The van der Waals surface area contributed by atoms with Crippen LogP contribution in [0.2, 0.25) is 5.02 Å². The SMILES string of the molecule is CCc1nn(C)cc1C(N)c1c(Cl)cnn1C. The number of rotatable bonds is 3. The molecule has 6 heteroatoms. The quantitative estimate of drug-likeness (QED) is 0.900. The highest BCUT2D eigenvalue weighted by atomic mass is 35.5. The van der Waals surface area contributed by atoms with Gasteiger partial charge in [0, 0.05) is 25.9 Å². The number of halogens is 1. The highest BCUT2D eigenvalue weighted by Gasteiger charge is 2.21. The van der Waals surface area contributed by atoms with Crippen molar-refractivity contribution in [2.24, 2.45) is 19.8 Å². The minimum absolute atomic E-state index is 0.293. The summed E-state index contributed by atoms with van der Waals surface area (Å²) in [4.78, 5) is 0. The molecule has 1 unspecified atom stereocenters. The minimum atomic E-state index is -0.293. The lowest BCUT2D eigenvalue weighted by molar-refractivity contribution is 0.670. The van der Waals surface area contributed by atoms with Crippen molar-refractivity contribution in [3.8, 4) is 0 Å². The van der Waals surface area contributed by atoms with E-state index < -0.39 is 0 Å². The molecule has 0 aliphatic carbocycles. The van der Waals surface area contributed by atoms with E-state index in [2.05, 4.69) is 17.1 Å². The molecular formula is C11H16ClN5. The molecule has 0 saturated carbocycles. The lowest BCUT2D eigenvalue weighted by Gasteiger charge is -2.12. The molecule has 2 aromatic rings. The van der Waals surface area contributed by atoms with Crippen molar-refractivity contribution in [1.82, 2.24) is 19.6 Å². The Morgan fingerprint density at radius 3 is 2.71 bits per heavy atom. The van der Waals surface area contributed by atoms with Crippen LogP contribution in [0.5, 0.6) is 0 Å². The third-order valence-electron chi connectivity index (χ3n) is 2.84. The summed E-state index contributed by atoms with van der Waals surface area (Å²) in [7, 11) is 3.73. The number of hydrogen-bond acceptors (Lipinski definition) is 3. The predicted octanol–water partition coefficient (Wildman–Crippen LogP) is 1.42. The summed E-state index contributed by atoms with van der Waals surface area (Å²) in [6.45, 7) is 2.06. The van der Waals surface area contributed by atoms with Crippen LogP contribution in [-0.2, 0) is 20.5 Å². The van der Waals surface area contributed by atoms with Crippen LogP contribution in [0.25, 0.3) is 0 Å². The summed E-state index contributed by atoms with van der Waals surface area (Å²) >= 11 is 6.10. The van der Waals surface area contributed by atoms with E-state index in [-0.39, 0.29) is 6.04 Å². The van der Waals surface area contributed by atoms with Gasteiger partial charge in [0.2, 0.25) is 0 Å². The molecule has 0 aliphatic rings. The van der Waals surface area contributed by atoms with Crippen molar-refractivity contribution in [2.45, 2.75) is 19.4 Å². The molecule has 0 radical (unpaired) electrons. The van der Waals surface area contributed by atoms with Gasteiger partial charge in [-0.15, -0.1) is 0 Å². The molecule has 5 nitrogen and oxygen atoms in total. The zero-order chi connectivity index (χ0) is 12.6. The highest BCUT2D eigenvalue weighted by Crippen LogP contribution is 2.27. The van der Waals surface area contributed by atoms with Gasteiger partial charge in [-0.3, -0.25) is 9.36 Å². The Labute approximate surface area is 105 Å². The molecule has 2 rings (SSSR count). The number of nitrogens with two attached hydrogens (primary N) is 1. The first-order chi connectivity index (χ1) is 8.04. The summed E-state index contributed by atoms with van der Waals surface area (Å²) in [5.74, 6) is 0. The Morgan fingerprint density at radius 1 is 1.47 bits per heavy atom. The van der Waals surface area contributed by atoms with Gasteiger partial charge < -0.3 is 5.73 Å². The Kier molecular flexibility index (Phi) is 3.22. The molecular weight excluding hydrogens is 238 g/mol. The summed E-state index contributed by atoms with van der Waals surface area (Å²) in [5.41, 5.74) is 9.07. The smallest absolute Gasteiger partial charge is 0.0837 e. The van der Waals surface area contributed by atoms with E-state index in [9.17, 15) is 0 Å². The number of aryl methyl sites for hydroxylation is 3. The first kappa shape index (κ1) is 12.1. The van der Waals surface area contributed by atoms with E-state index in [1.165, 1.54) is 0 Å². The first-order valence-electron chi connectivity index (χ1n) is 5.50. The Bertz CT molecular complexity index is 508. The van der Waals surface area contributed by atoms with Gasteiger partial charge in [0.15, 0.2) is 0 Å². The summed E-state index contributed by atoms with van der Waals surface area (Å²) in [5, 5.41) is 9.07. The Balaban J connectivity index is 2.46. The van der Waals surface area contributed by atoms with Crippen LogP contribution in [0.3, 0.4) is 0 Å². The fourth-order valence-electron chi connectivity index (χ4n) is 2.00. The van der Waals surface area contributed by atoms with E-state index in [1.807, 2.05) is 20.3 Å². The van der Waals surface area contributed by atoms with E-state index in [0.29, 0.717) is 5.02 Å². The van der Waals surface area contributed by atoms with Gasteiger partial charge in [-0.2, -0.15) is 10.2 Å². The average Bonchev–Trinajstić information content (AvgIpc) is 2.82. The summed E-state index contributed by atoms with van der Waals surface area (Å²) in [6.07, 6.45) is 4.39. The van der Waals surface area contributed by atoms with Gasteiger partial charge in [0.25, 0.3) is 0 Å². The van der Waals surface area contributed by atoms with Crippen LogP contribution in [-0.4, -0.2) is 19.6 Å². The van der Waals surface area contributed by atoms with Crippen molar-refractivity contribution in [3.05, 3.63) is 34.4 Å². The van der Waals surface area contributed by atoms with Gasteiger partial charge in [-0.25, -0.2) is 0 Å². The molecule has 92 valence electrons. The van der Waals surface area contributed by atoms with E-state index in [0.717, 1.165) is 23.4 Å². The van der Waals surface area contributed by atoms with Gasteiger partial charge in [-0.1, -0.05) is 18.5 Å². The van der Waals surface area contributed by atoms with Crippen molar-refractivity contribution >= 4 is 11.6 Å². The Hall–Kier alpha value is -1.33. The molecule has 17 heavy (non-hydrogen) atoms. The topological polar surface area (TPSA) is 61.7 Å². The molecule has 0 spiro atoms. The third kappa shape index (κ3) is 2.08. The molecule has 0 aromatic carbocycles. The van der Waals surface area contributed by atoms with Gasteiger partial charge >= 0.3 is 0 Å². The fraction of sp³-hybridized carbons (Fsp3) is 0.455. The van der Waals surface area contributed by atoms with Gasteiger partial charge in [0.05, 0.1) is 28.6 Å². The van der Waals surface area contributed by atoms with Crippen LogP contribution in [0, 0.1) is 0 Å². The normalized spacial score (nSPS) is 13.0. The zero-order valence-electron chi connectivity index (χ0n) is 10.2. The van der Waals surface area contributed by atoms with E-state index in [1.54, 1.807) is 15.6 Å². The molecule has 2 heterocycles. The summed E-state index contributed by atoms with van der Waals surface area (Å²) < 4.78 is 3.48. The largest absolute Gasteiger partial charge is 0.319 e. The number of hydrogen-bond donors (Lipinski definition) is 1. The lowest BCUT2D eigenvalue weighted by atomic mass is 10.0. The maximum absolute atomic E-state index is 6.25. The molecule has 0 saturated heterocycles. The number of aromatic nitrogens is 4. The van der Waals surface area contributed by atoms with Crippen molar-refractivity contribution in [1.29, 1.82) is 0 Å². The van der Waals surface area contributed by atoms with Gasteiger partial charge in [-0.05, 0) is 6.42 Å². The van der Waals surface area contributed by atoms with Crippen molar-refractivity contribution in [3.63, 3.8) is 0 Å². The van der Waals surface area contributed by atoms with Crippen molar-refractivity contribution < 1.29 is 0 Å². The van der Waals surface area contributed by atoms with Crippen molar-refractivity contribution in [2.75, 3.05) is 0 Å². The molecule has 0 bridgehead atoms. The second-order valence-corrected chi connectivity index (χ2v) is 4.44. The predicted molar refractivity (Wildman–Crippen MR) is 66.8 cm³/mol. The first-order valence-corrected chi connectivity index (χ1v) is 5.87. The maximum Gasteiger partial charge on any atom is 0.0837 e. The van der Waals surface area contributed by atoms with Crippen LogP contribution in [0.15, 0.2) is 12.4 Å². The zero-order valence-corrected chi connectivity index (χ0v) is 10.9. The van der Waals surface area contributed by atoms with Gasteiger partial charge in [0.1, 0.15) is 0 Å². The maximum atomic E-state index is 6.25. The molecule has 2 aromatic heterocycles. The second-order valence-electron chi connectivity index (χ2n) is 4.04. The molecule has 1 atom stereocenters. The minimum Gasteiger partial charge on any atom is -0.319 e. The van der Waals surface area contributed by atoms with E-state index >= 15 is 0 Å². The lowest BCUT2D eigenvalue weighted by Crippen LogP contribution is -2.17. The average molecular weight is 254 g/mol. The highest BCUT2D eigenvalue weighted by molar-refractivity contribution is 6.31. The molecule has 0 aliphatic heterocycles. The van der Waals surface area contributed by atoms with Crippen LogP contribution < -0.4 is 5.73 Å². The third-order valence-corrected chi connectivity index (χ3v) is 3.13.